The van der Waals surface area contributed by atoms with Gasteiger partial charge in [0.25, 0.3) is 5.56 Å². The monoisotopic (exact) mass is 359 g/mol. The highest BCUT2D eigenvalue weighted by molar-refractivity contribution is 6.30. The van der Waals surface area contributed by atoms with Crippen LogP contribution in [0.1, 0.15) is 28.5 Å². The van der Waals surface area contributed by atoms with E-state index in [4.69, 9.17) is 21.9 Å². The van der Waals surface area contributed by atoms with Gasteiger partial charge in [0.15, 0.2) is 5.82 Å². The number of nitrogens with zero attached hydrogens (tertiary/aromatic N) is 4. The third-order valence-electron chi connectivity index (χ3n) is 3.93. The van der Waals surface area contributed by atoms with E-state index in [-0.39, 0.29) is 18.6 Å². The summed E-state index contributed by atoms with van der Waals surface area (Å²) in [5.74, 6) is 0.969. The highest BCUT2D eigenvalue weighted by Gasteiger charge is 2.11. The minimum atomic E-state index is -0.156. The summed E-state index contributed by atoms with van der Waals surface area (Å²) < 4.78 is 6.67. The zero-order valence-corrected chi connectivity index (χ0v) is 14.5. The fourth-order valence-electron chi connectivity index (χ4n) is 2.45. The molecule has 0 bridgehead atoms. The summed E-state index contributed by atoms with van der Waals surface area (Å²) in [4.78, 5) is 20.8. The van der Waals surface area contributed by atoms with Gasteiger partial charge < -0.3 is 10.3 Å². The van der Waals surface area contributed by atoms with Crippen LogP contribution in [0, 0.1) is 6.92 Å². The molecule has 1 aromatic carbocycles. The van der Waals surface area contributed by atoms with E-state index in [0.717, 1.165) is 12.0 Å². The maximum absolute atomic E-state index is 12.3. The predicted molar refractivity (Wildman–Crippen MR) is 93.4 cm³/mol. The molecule has 25 heavy (non-hydrogen) atoms. The molecule has 0 amide bonds. The average Bonchev–Trinajstić information content (AvgIpc) is 3.06. The number of aryl methyl sites for hydroxylation is 2. The lowest BCUT2D eigenvalue weighted by Gasteiger charge is -2.05. The van der Waals surface area contributed by atoms with Gasteiger partial charge in [-0.1, -0.05) is 28.9 Å². The van der Waals surface area contributed by atoms with Crippen LogP contribution in [-0.2, 0) is 25.9 Å². The van der Waals surface area contributed by atoms with Gasteiger partial charge in [-0.3, -0.25) is 9.36 Å². The van der Waals surface area contributed by atoms with E-state index in [1.54, 1.807) is 6.92 Å². The fraction of sp³-hybridized carbons (Fsp3) is 0.294. The van der Waals surface area contributed by atoms with Crippen LogP contribution in [0.4, 0.5) is 0 Å². The number of nitrogens with two attached hydrogens (primary N) is 1. The van der Waals surface area contributed by atoms with Gasteiger partial charge in [0, 0.05) is 23.6 Å². The largest absolute Gasteiger partial charge is 0.337 e. The Morgan fingerprint density at radius 1 is 1.24 bits per heavy atom. The molecule has 2 heterocycles. The van der Waals surface area contributed by atoms with Crippen molar-refractivity contribution in [2.45, 2.75) is 32.9 Å². The molecule has 0 saturated heterocycles. The lowest BCUT2D eigenvalue weighted by molar-refractivity contribution is 0.364. The molecule has 0 unspecified atom stereocenters. The molecular formula is C17H18ClN5O2. The first-order valence-electron chi connectivity index (χ1n) is 7.87. The smallest absolute Gasteiger partial charge is 0.256 e. The summed E-state index contributed by atoms with van der Waals surface area (Å²) in [6.45, 7) is 2.13. The molecule has 0 atom stereocenters. The second-order valence-electron chi connectivity index (χ2n) is 5.68. The SMILES string of the molecule is Cc1c(CN)ncn(Cc2nc(CCc3ccc(Cl)cc3)no2)c1=O. The van der Waals surface area contributed by atoms with E-state index in [2.05, 4.69) is 15.1 Å². The van der Waals surface area contributed by atoms with Crippen molar-refractivity contribution in [3.8, 4) is 0 Å². The molecule has 0 aliphatic rings. The predicted octanol–water partition coefficient (Wildman–Crippen LogP) is 1.88. The highest BCUT2D eigenvalue weighted by atomic mass is 35.5. The minimum absolute atomic E-state index is 0.156. The lowest BCUT2D eigenvalue weighted by Crippen LogP contribution is -2.26. The summed E-state index contributed by atoms with van der Waals surface area (Å²) in [5.41, 5.74) is 7.67. The van der Waals surface area contributed by atoms with Crippen LogP contribution < -0.4 is 11.3 Å². The van der Waals surface area contributed by atoms with E-state index < -0.39 is 0 Å². The first-order chi connectivity index (χ1) is 12.1. The molecule has 3 aromatic rings. The Labute approximate surface area is 149 Å². The van der Waals surface area contributed by atoms with Crippen LogP contribution in [-0.4, -0.2) is 19.7 Å². The van der Waals surface area contributed by atoms with Crippen LogP contribution >= 0.6 is 11.6 Å². The second kappa shape index (κ2) is 7.58. The van der Waals surface area contributed by atoms with Gasteiger partial charge in [-0.2, -0.15) is 4.98 Å². The van der Waals surface area contributed by atoms with Crippen molar-refractivity contribution in [2.75, 3.05) is 0 Å². The van der Waals surface area contributed by atoms with E-state index in [0.29, 0.717) is 34.4 Å². The maximum Gasteiger partial charge on any atom is 0.256 e. The van der Waals surface area contributed by atoms with Gasteiger partial charge in [-0.05, 0) is 31.0 Å². The lowest BCUT2D eigenvalue weighted by atomic mass is 10.1. The van der Waals surface area contributed by atoms with Gasteiger partial charge in [0.2, 0.25) is 5.89 Å². The fourth-order valence-corrected chi connectivity index (χ4v) is 2.58. The van der Waals surface area contributed by atoms with Crippen LogP contribution in [0.15, 0.2) is 39.9 Å². The van der Waals surface area contributed by atoms with Gasteiger partial charge in [-0.15, -0.1) is 0 Å². The Balaban J connectivity index is 1.67. The zero-order chi connectivity index (χ0) is 17.8. The van der Waals surface area contributed by atoms with Crippen molar-refractivity contribution in [3.05, 3.63) is 74.5 Å². The van der Waals surface area contributed by atoms with Gasteiger partial charge in [-0.25, -0.2) is 4.98 Å². The molecule has 2 aromatic heterocycles. The molecule has 0 spiro atoms. The molecular weight excluding hydrogens is 342 g/mol. The van der Waals surface area contributed by atoms with Crippen molar-refractivity contribution in [2.24, 2.45) is 5.73 Å². The third kappa shape index (κ3) is 4.12. The summed E-state index contributed by atoms with van der Waals surface area (Å²) in [5, 5.41) is 4.67. The average molecular weight is 360 g/mol. The maximum atomic E-state index is 12.3. The standard InChI is InChI=1S/C17H18ClN5O2/c1-11-14(8-19)20-10-23(17(11)24)9-16-21-15(22-25-16)7-4-12-2-5-13(18)6-3-12/h2-3,5-6,10H,4,7-9,19H2,1H3. The van der Waals surface area contributed by atoms with Crippen molar-refractivity contribution in [3.63, 3.8) is 0 Å². The Bertz CT molecular complexity index is 918. The quantitative estimate of drug-likeness (QED) is 0.721. The number of hydrogen-bond donors (Lipinski definition) is 1. The van der Waals surface area contributed by atoms with Gasteiger partial charge in [0.05, 0.1) is 12.0 Å². The molecule has 0 fully saturated rings. The Kier molecular flexibility index (Phi) is 5.25. The van der Waals surface area contributed by atoms with Gasteiger partial charge in [0.1, 0.15) is 6.54 Å². The topological polar surface area (TPSA) is 99.8 Å². The number of aromatic nitrogens is 4. The normalized spacial score (nSPS) is 11.0. The van der Waals surface area contributed by atoms with Crippen molar-refractivity contribution >= 4 is 11.6 Å². The number of rotatable bonds is 6. The van der Waals surface area contributed by atoms with E-state index >= 15 is 0 Å². The third-order valence-corrected chi connectivity index (χ3v) is 4.18. The molecule has 130 valence electrons. The van der Waals surface area contributed by atoms with E-state index in [1.165, 1.54) is 10.9 Å². The molecule has 0 aliphatic heterocycles. The number of halogens is 1. The minimum Gasteiger partial charge on any atom is -0.337 e. The van der Waals surface area contributed by atoms with E-state index in [1.807, 2.05) is 24.3 Å². The molecule has 3 rings (SSSR count). The summed E-state index contributed by atoms with van der Waals surface area (Å²) in [6.07, 6.45) is 2.88. The van der Waals surface area contributed by atoms with Crippen LogP contribution in [0.2, 0.25) is 5.02 Å². The van der Waals surface area contributed by atoms with Crippen molar-refractivity contribution in [1.29, 1.82) is 0 Å². The Hall–Kier alpha value is -2.51. The molecule has 8 heteroatoms. The number of hydrogen-bond acceptors (Lipinski definition) is 6. The second-order valence-corrected chi connectivity index (χ2v) is 6.12. The molecule has 0 radical (unpaired) electrons. The number of benzene rings is 1. The van der Waals surface area contributed by atoms with Crippen LogP contribution in [0.3, 0.4) is 0 Å². The summed E-state index contributed by atoms with van der Waals surface area (Å²) in [7, 11) is 0. The van der Waals surface area contributed by atoms with Gasteiger partial charge >= 0.3 is 0 Å². The van der Waals surface area contributed by atoms with Crippen molar-refractivity contribution in [1.82, 2.24) is 19.7 Å². The zero-order valence-electron chi connectivity index (χ0n) is 13.8. The molecule has 7 nitrogen and oxygen atoms in total. The molecule has 2 N–H and O–H groups in total. The Morgan fingerprint density at radius 2 is 2.00 bits per heavy atom. The summed E-state index contributed by atoms with van der Waals surface area (Å²) in [6, 6.07) is 7.64. The summed E-state index contributed by atoms with van der Waals surface area (Å²) >= 11 is 5.87. The first-order valence-corrected chi connectivity index (χ1v) is 8.25. The highest BCUT2D eigenvalue weighted by Crippen LogP contribution is 2.11. The van der Waals surface area contributed by atoms with E-state index in [9.17, 15) is 4.79 Å². The van der Waals surface area contributed by atoms with Crippen LogP contribution in [0.5, 0.6) is 0 Å². The Morgan fingerprint density at radius 3 is 2.72 bits per heavy atom. The molecule has 0 aliphatic carbocycles. The first kappa shape index (κ1) is 17.3. The molecule has 0 saturated carbocycles. The van der Waals surface area contributed by atoms with Crippen LogP contribution in [0.25, 0.3) is 0 Å². The van der Waals surface area contributed by atoms with Crippen molar-refractivity contribution < 1.29 is 4.52 Å².